The summed E-state index contributed by atoms with van der Waals surface area (Å²) in [6.07, 6.45) is 0. The Morgan fingerprint density at radius 3 is 2.67 bits per heavy atom. The number of hydrogen-bond donors (Lipinski definition) is 1. The maximum Gasteiger partial charge on any atom is 0.335 e. The number of carbonyl (C=O) groups is 1. The lowest BCUT2D eigenvalue weighted by Gasteiger charge is -2.08. The topological polar surface area (TPSA) is 37.3 Å². The van der Waals surface area contributed by atoms with Crippen molar-refractivity contribution in [1.29, 1.82) is 0 Å². The average Bonchev–Trinajstić information content (AvgIpc) is 2.31. The van der Waals surface area contributed by atoms with Crippen LogP contribution in [0.5, 0.6) is 0 Å². The maximum absolute atomic E-state index is 13.5. The lowest BCUT2D eigenvalue weighted by Crippen LogP contribution is -1.97. The molecule has 4 heteroatoms. The van der Waals surface area contributed by atoms with Crippen LogP contribution in [-0.2, 0) is 0 Å². The van der Waals surface area contributed by atoms with Crippen molar-refractivity contribution in [3.63, 3.8) is 0 Å². The third-order valence-corrected chi connectivity index (χ3v) is 2.94. The Balaban J connectivity index is 2.64. The first-order valence-corrected chi connectivity index (χ1v) is 5.66. The van der Waals surface area contributed by atoms with Gasteiger partial charge < -0.3 is 5.11 Å². The Morgan fingerprint density at radius 1 is 1.28 bits per heavy atom. The highest BCUT2D eigenvalue weighted by molar-refractivity contribution is 6.31. The predicted octanol–water partition coefficient (Wildman–Crippen LogP) is 4.15. The molecule has 2 aromatic carbocycles. The van der Waals surface area contributed by atoms with E-state index in [1.165, 1.54) is 18.2 Å². The molecule has 18 heavy (non-hydrogen) atoms. The van der Waals surface area contributed by atoms with Gasteiger partial charge in [0.2, 0.25) is 0 Å². The molecule has 0 bridgehead atoms. The summed E-state index contributed by atoms with van der Waals surface area (Å²) < 4.78 is 13.5. The van der Waals surface area contributed by atoms with Gasteiger partial charge in [-0.15, -0.1) is 0 Å². The van der Waals surface area contributed by atoms with Crippen LogP contribution in [0.15, 0.2) is 36.4 Å². The van der Waals surface area contributed by atoms with E-state index in [4.69, 9.17) is 16.7 Å². The van der Waals surface area contributed by atoms with E-state index in [0.717, 1.165) is 0 Å². The van der Waals surface area contributed by atoms with Crippen molar-refractivity contribution in [2.75, 3.05) is 0 Å². The Labute approximate surface area is 109 Å². The molecule has 0 fully saturated rings. The number of aromatic carboxylic acids is 1. The first-order valence-electron chi connectivity index (χ1n) is 5.28. The molecule has 0 aromatic heterocycles. The van der Waals surface area contributed by atoms with Gasteiger partial charge in [0.15, 0.2) is 0 Å². The van der Waals surface area contributed by atoms with Crippen molar-refractivity contribution in [2.24, 2.45) is 0 Å². The van der Waals surface area contributed by atoms with Crippen LogP contribution in [0.4, 0.5) is 4.39 Å². The van der Waals surface area contributed by atoms with Crippen LogP contribution in [-0.4, -0.2) is 11.1 Å². The van der Waals surface area contributed by atoms with Gasteiger partial charge in [-0.3, -0.25) is 0 Å². The first-order chi connectivity index (χ1) is 8.49. The van der Waals surface area contributed by atoms with Crippen LogP contribution in [0.3, 0.4) is 0 Å². The summed E-state index contributed by atoms with van der Waals surface area (Å²) in [5, 5.41) is 9.29. The van der Waals surface area contributed by atoms with Crippen LogP contribution in [0.2, 0.25) is 5.02 Å². The summed E-state index contributed by atoms with van der Waals surface area (Å²) in [7, 11) is 0. The van der Waals surface area contributed by atoms with E-state index < -0.39 is 5.97 Å². The summed E-state index contributed by atoms with van der Waals surface area (Å²) in [5.41, 5.74) is 1.79. The molecule has 0 saturated heterocycles. The summed E-state index contributed by atoms with van der Waals surface area (Å²) in [6, 6.07) is 9.14. The van der Waals surface area contributed by atoms with Gasteiger partial charge in [0.05, 0.1) is 5.56 Å². The lowest BCUT2D eigenvalue weighted by molar-refractivity contribution is 0.0697. The van der Waals surface area contributed by atoms with E-state index in [9.17, 15) is 9.18 Å². The number of hydrogen-bond acceptors (Lipinski definition) is 1. The number of benzene rings is 2. The van der Waals surface area contributed by atoms with Crippen molar-refractivity contribution < 1.29 is 14.3 Å². The highest BCUT2D eigenvalue weighted by atomic mass is 35.5. The van der Waals surface area contributed by atoms with Crippen LogP contribution in [0.1, 0.15) is 15.9 Å². The standard InChI is InChI=1S/C14H10ClFO2/c1-8-12(3-2-4-13(8)16)9-5-10(14(17)18)7-11(15)6-9/h2-7H,1H3,(H,17,18). The third-order valence-electron chi connectivity index (χ3n) is 2.72. The predicted molar refractivity (Wildman–Crippen MR) is 68.5 cm³/mol. The fraction of sp³-hybridized carbons (Fsp3) is 0.0714. The minimum atomic E-state index is -1.06. The minimum Gasteiger partial charge on any atom is -0.478 e. The van der Waals surface area contributed by atoms with Gasteiger partial charge in [-0.1, -0.05) is 23.7 Å². The summed E-state index contributed by atoms with van der Waals surface area (Å²) in [5.74, 6) is -1.39. The van der Waals surface area contributed by atoms with E-state index in [2.05, 4.69) is 0 Å². The quantitative estimate of drug-likeness (QED) is 0.885. The van der Waals surface area contributed by atoms with E-state index >= 15 is 0 Å². The third kappa shape index (κ3) is 2.36. The van der Waals surface area contributed by atoms with E-state index in [0.29, 0.717) is 21.7 Å². The molecule has 0 amide bonds. The van der Waals surface area contributed by atoms with Gasteiger partial charge in [-0.25, -0.2) is 9.18 Å². The van der Waals surface area contributed by atoms with E-state index in [1.807, 2.05) is 0 Å². The Kier molecular flexibility index (Phi) is 3.34. The average molecular weight is 265 g/mol. The molecule has 2 rings (SSSR count). The summed E-state index contributed by atoms with van der Waals surface area (Å²) in [4.78, 5) is 11.0. The second kappa shape index (κ2) is 4.78. The first kappa shape index (κ1) is 12.6. The number of halogens is 2. The largest absolute Gasteiger partial charge is 0.478 e. The van der Waals surface area contributed by atoms with Gasteiger partial charge in [0.1, 0.15) is 5.82 Å². The Hall–Kier alpha value is -1.87. The van der Waals surface area contributed by atoms with Crippen LogP contribution >= 0.6 is 11.6 Å². The zero-order chi connectivity index (χ0) is 13.3. The van der Waals surface area contributed by atoms with Crippen molar-refractivity contribution in [3.05, 3.63) is 58.4 Å². The fourth-order valence-electron chi connectivity index (χ4n) is 1.79. The fourth-order valence-corrected chi connectivity index (χ4v) is 2.02. The molecule has 0 atom stereocenters. The van der Waals surface area contributed by atoms with Gasteiger partial charge in [0, 0.05) is 5.02 Å². The maximum atomic E-state index is 13.5. The monoisotopic (exact) mass is 264 g/mol. The SMILES string of the molecule is Cc1c(F)cccc1-c1cc(Cl)cc(C(=O)O)c1. The van der Waals surface area contributed by atoms with Crippen LogP contribution in [0.25, 0.3) is 11.1 Å². The normalized spacial score (nSPS) is 10.4. The molecular weight excluding hydrogens is 255 g/mol. The van der Waals surface area contributed by atoms with Gasteiger partial charge in [0.25, 0.3) is 0 Å². The smallest absolute Gasteiger partial charge is 0.335 e. The van der Waals surface area contributed by atoms with Gasteiger partial charge in [-0.2, -0.15) is 0 Å². The second-order valence-corrected chi connectivity index (χ2v) is 4.38. The second-order valence-electron chi connectivity index (χ2n) is 3.95. The molecule has 1 N–H and O–H groups in total. The molecule has 0 aliphatic heterocycles. The molecule has 92 valence electrons. The van der Waals surface area contributed by atoms with Crippen molar-refractivity contribution >= 4 is 17.6 Å². The van der Waals surface area contributed by atoms with Crippen molar-refractivity contribution in [3.8, 4) is 11.1 Å². The zero-order valence-electron chi connectivity index (χ0n) is 9.58. The Morgan fingerprint density at radius 2 is 2.00 bits per heavy atom. The molecule has 0 unspecified atom stereocenters. The molecule has 2 nitrogen and oxygen atoms in total. The molecular formula is C14H10ClFO2. The number of rotatable bonds is 2. The summed E-state index contributed by atoms with van der Waals surface area (Å²) >= 11 is 5.88. The molecule has 0 radical (unpaired) electrons. The van der Waals surface area contributed by atoms with Crippen LogP contribution < -0.4 is 0 Å². The lowest BCUT2D eigenvalue weighted by atomic mass is 9.98. The zero-order valence-corrected chi connectivity index (χ0v) is 10.3. The summed E-state index contributed by atoms with van der Waals surface area (Å²) in [6.45, 7) is 1.64. The molecule has 2 aromatic rings. The van der Waals surface area contributed by atoms with Crippen molar-refractivity contribution in [1.82, 2.24) is 0 Å². The molecule has 0 spiro atoms. The van der Waals surface area contributed by atoms with E-state index in [1.54, 1.807) is 25.1 Å². The van der Waals surface area contributed by atoms with Gasteiger partial charge >= 0.3 is 5.97 Å². The highest BCUT2D eigenvalue weighted by Gasteiger charge is 2.10. The molecule has 0 heterocycles. The minimum absolute atomic E-state index is 0.0844. The molecule has 0 saturated carbocycles. The van der Waals surface area contributed by atoms with E-state index in [-0.39, 0.29) is 11.4 Å². The number of carboxylic acids is 1. The highest BCUT2D eigenvalue weighted by Crippen LogP contribution is 2.28. The molecule has 0 aliphatic carbocycles. The van der Waals surface area contributed by atoms with Crippen LogP contribution in [0, 0.1) is 12.7 Å². The molecule has 0 aliphatic rings. The Bertz CT molecular complexity index is 623. The van der Waals surface area contributed by atoms with Crippen molar-refractivity contribution in [2.45, 2.75) is 6.92 Å². The number of carboxylic acid groups (broad SMARTS) is 1. The van der Waals surface area contributed by atoms with Gasteiger partial charge in [-0.05, 0) is 47.9 Å².